The Balaban J connectivity index is 1.92. The average Bonchev–Trinajstić information content (AvgIpc) is 3.16. The summed E-state index contributed by atoms with van der Waals surface area (Å²) >= 11 is 0. The monoisotopic (exact) mass is 244 g/mol. The molecule has 0 aromatic heterocycles. The van der Waals surface area contributed by atoms with Crippen molar-refractivity contribution in [2.45, 2.75) is 31.4 Å². The largest absolute Gasteiger partial charge is 0.354 e. The van der Waals surface area contributed by atoms with Gasteiger partial charge in [-0.1, -0.05) is 30.3 Å². The summed E-state index contributed by atoms with van der Waals surface area (Å²) in [4.78, 5) is 4.53. The molecule has 18 heavy (non-hydrogen) atoms. The van der Waals surface area contributed by atoms with Gasteiger partial charge in [0.2, 0.25) is 0 Å². The molecule has 1 unspecified atom stereocenters. The van der Waals surface area contributed by atoms with Crippen LogP contribution in [0.4, 0.5) is 0 Å². The Morgan fingerprint density at radius 1 is 1.28 bits per heavy atom. The highest BCUT2D eigenvalue weighted by molar-refractivity contribution is 5.84. The maximum Gasteiger partial charge on any atom is 0.168 e. The van der Waals surface area contributed by atoms with E-state index in [9.17, 15) is 0 Å². The molecule has 1 fully saturated rings. The summed E-state index contributed by atoms with van der Waals surface area (Å²) in [6.07, 6.45) is 4.65. The quantitative estimate of drug-likeness (QED) is 0.826. The van der Waals surface area contributed by atoms with Crippen molar-refractivity contribution >= 4 is 5.84 Å². The SMILES string of the molecule is COC(NC1=NCCC1)(c1ccccc1)C1CC1. The summed E-state index contributed by atoms with van der Waals surface area (Å²) in [5.41, 5.74) is 0.842. The van der Waals surface area contributed by atoms with Crippen LogP contribution in [0.2, 0.25) is 0 Å². The first-order valence-corrected chi connectivity index (χ1v) is 6.77. The zero-order valence-electron chi connectivity index (χ0n) is 10.9. The third-order valence-corrected chi connectivity index (χ3v) is 3.88. The average molecular weight is 244 g/mol. The summed E-state index contributed by atoms with van der Waals surface area (Å²) in [6.45, 7) is 0.946. The van der Waals surface area contributed by atoms with Crippen LogP contribution in [0, 0.1) is 5.92 Å². The molecule has 0 spiro atoms. The lowest BCUT2D eigenvalue weighted by Gasteiger charge is -2.35. The number of hydrogen-bond acceptors (Lipinski definition) is 3. The maximum absolute atomic E-state index is 5.92. The molecule has 3 rings (SSSR count). The van der Waals surface area contributed by atoms with Crippen molar-refractivity contribution in [3.63, 3.8) is 0 Å². The van der Waals surface area contributed by atoms with Crippen LogP contribution < -0.4 is 5.32 Å². The number of ether oxygens (including phenoxy) is 1. The van der Waals surface area contributed by atoms with Crippen molar-refractivity contribution < 1.29 is 4.74 Å². The van der Waals surface area contributed by atoms with Crippen molar-refractivity contribution in [2.75, 3.05) is 13.7 Å². The summed E-state index contributed by atoms with van der Waals surface area (Å²) in [5.74, 6) is 1.67. The van der Waals surface area contributed by atoms with Crippen LogP contribution in [-0.2, 0) is 10.5 Å². The van der Waals surface area contributed by atoms with Crippen LogP contribution in [-0.4, -0.2) is 19.5 Å². The standard InChI is InChI=1S/C15H20N2O/c1-18-15(13-9-10-13,12-6-3-2-4-7-12)17-14-8-5-11-16-14/h2-4,6-7,13H,5,8-11H2,1H3,(H,16,17). The van der Waals surface area contributed by atoms with E-state index in [2.05, 4.69) is 34.6 Å². The molecule has 1 N–H and O–H groups in total. The van der Waals surface area contributed by atoms with Gasteiger partial charge in [-0.05, 0) is 19.3 Å². The molecule has 1 atom stereocenters. The van der Waals surface area contributed by atoms with E-state index >= 15 is 0 Å². The van der Waals surface area contributed by atoms with Gasteiger partial charge in [-0.15, -0.1) is 0 Å². The van der Waals surface area contributed by atoms with Gasteiger partial charge in [-0.2, -0.15) is 0 Å². The summed E-state index contributed by atoms with van der Waals surface area (Å²) in [5, 5.41) is 3.59. The third-order valence-electron chi connectivity index (χ3n) is 3.88. The zero-order chi connectivity index (χ0) is 12.4. The fourth-order valence-corrected chi connectivity index (χ4v) is 2.78. The Morgan fingerprint density at radius 3 is 2.61 bits per heavy atom. The highest BCUT2D eigenvalue weighted by Crippen LogP contribution is 2.46. The van der Waals surface area contributed by atoms with Gasteiger partial charge in [0.05, 0.1) is 5.84 Å². The summed E-state index contributed by atoms with van der Waals surface area (Å²) in [6, 6.07) is 10.5. The van der Waals surface area contributed by atoms with Crippen LogP contribution in [0.1, 0.15) is 31.2 Å². The van der Waals surface area contributed by atoms with Crippen molar-refractivity contribution in [3.8, 4) is 0 Å². The minimum atomic E-state index is -0.371. The fourth-order valence-electron chi connectivity index (χ4n) is 2.78. The molecule has 2 aliphatic rings. The normalized spacial score (nSPS) is 22.4. The lowest BCUT2D eigenvalue weighted by Crippen LogP contribution is -2.48. The number of rotatable bonds is 4. The smallest absolute Gasteiger partial charge is 0.168 e. The van der Waals surface area contributed by atoms with Crippen LogP contribution in [0.3, 0.4) is 0 Å². The predicted octanol–water partition coefficient (Wildman–Crippen LogP) is 2.68. The first-order chi connectivity index (χ1) is 8.85. The Hall–Kier alpha value is -1.35. The molecule has 0 radical (unpaired) electrons. The molecular weight excluding hydrogens is 224 g/mol. The van der Waals surface area contributed by atoms with Crippen LogP contribution >= 0.6 is 0 Å². The molecule has 3 heteroatoms. The molecule has 0 bridgehead atoms. The van der Waals surface area contributed by atoms with E-state index < -0.39 is 0 Å². The van der Waals surface area contributed by atoms with Gasteiger partial charge in [-0.3, -0.25) is 4.99 Å². The van der Waals surface area contributed by atoms with Crippen molar-refractivity contribution in [1.82, 2.24) is 5.32 Å². The van der Waals surface area contributed by atoms with Gasteiger partial charge in [0.1, 0.15) is 0 Å². The van der Waals surface area contributed by atoms with Crippen molar-refractivity contribution in [1.29, 1.82) is 0 Å². The first-order valence-electron chi connectivity index (χ1n) is 6.77. The number of aliphatic imine (C=N–C) groups is 1. The van der Waals surface area contributed by atoms with Crippen molar-refractivity contribution in [3.05, 3.63) is 35.9 Å². The lowest BCUT2D eigenvalue weighted by molar-refractivity contribution is -0.0488. The van der Waals surface area contributed by atoms with Crippen LogP contribution in [0.15, 0.2) is 35.3 Å². The number of benzene rings is 1. The molecule has 0 saturated heterocycles. The van der Waals surface area contributed by atoms with Crippen LogP contribution in [0.5, 0.6) is 0 Å². The summed E-state index contributed by atoms with van der Waals surface area (Å²) < 4.78 is 5.92. The number of methoxy groups -OCH3 is 1. The van der Waals surface area contributed by atoms with Gasteiger partial charge >= 0.3 is 0 Å². The zero-order valence-corrected chi connectivity index (χ0v) is 10.9. The van der Waals surface area contributed by atoms with Crippen molar-refractivity contribution in [2.24, 2.45) is 10.9 Å². The Bertz CT molecular complexity index is 439. The van der Waals surface area contributed by atoms with E-state index in [0.29, 0.717) is 5.92 Å². The minimum Gasteiger partial charge on any atom is -0.354 e. The second-order valence-corrected chi connectivity index (χ2v) is 5.14. The lowest BCUT2D eigenvalue weighted by atomic mass is 9.97. The summed E-state index contributed by atoms with van der Waals surface area (Å²) in [7, 11) is 1.80. The molecule has 1 saturated carbocycles. The second kappa shape index (κ2) is 4.73. The Kier molecular flexibility index (Phi) is 3.08. The topological polar surface area (TPSA) is 33.6 Å². The van der Waals surface area contributed by atoms with E-state index in [1.165, 1.54) is 18.4 Å². The number of hydrogen-bond donors (Lipinski definition) is 1. The molecule has 1 aromatic rings. The molecule has 0 amide bonds. The minimum absolute atomic E-state index is 0.371. The van der Waals surface area contributed by atoms with Gasteiger partial charge < -0.3 is 10.1 Å². The predicted molar refractivity (Wildman–Crippen MR) is 72.5 cm³/mol. The number of amidine groups is 1. The molecule has 3 nitrogen and oxygen atoms in total. The maximum atomic E-state index is 5.92. The van der Waals surface area contributed by atoms with E-state index in [0.717, 1.165) is 25.2 Å². The number of nitrogens with zero attached hydrogens (tertiary/aromatic N) is 1. The van der Waals surface area contributed by atoms with E-state index in [1.54, 1.807) is 7.11 Å². The molecule has 1 aromatic carbocycles. The highest BCUT2D eigenvalue weighted by atomic mass is 16.5. The molecule has 1 aliphatic carbocycles. The van der Waals surface area contributed by atoms with Gasteiger partial charge in [-0.25, -0.2) is 0 Å². The molecule has 96 valence electrons. The highest BCUT2D eigenvalue weighted by Gasteiger charge is 2.47. The van der Waals surface area contributed by atoms with E-state index in [4.69, 9.17) is 4.74 Å². The van der Waals surface area contributed by atoms with E-state index in [1.807, 2.05) is 6.07 Å². The molecular formula is C15H20N2O. The first kappa shape index (κ1) is 11.7. The Labute approximate surface area is 108 Å². The fraction of sp³-hybridized carbons (Fsp3) is 0.533. The molecule has 1 heterocycles. The van der Waals surface area contributed by atoms with E-state index in [-0.39, 0.29) is 5.72 Å². The van der Waals surface area contributed by atoms with Gasteiger partial charge in [0.15, 0.2) is 5.72 Å². The van der Waals surface area contributed by atoms with Crippen LogP contribution in [0.25, 0.3) is 0 Å². The second-order valence-electron chi connectivity index (χ2n) is 5.14. The third kappa shape index (κ3) is 2.03. The molecule has 1 aliphatic heterocycles. The van der Waals surface area contributed by atoms with Gasteiger partial charge in [0.25, 0.3) is 0 Å². The number of nitrogens with one attached hydrogen (secondary N) is 1. The van der Waals surface area contributed by atoms with Gasteiger partial charge in [0, 0.05) is 31.6 Å². The Morgan fingerprint density at radius 2 is 2.06 bits per heavy atom.